The Kier molecular flexibility index (Phi) is 4.54. The molecule has 0 aliphatic heterocycles. The number of anilines is 1. The molecule has 2 N–H and O–H groups in total. The van der Waals surface area contributed by atoms with Gasteiger partial charge in [0, 0.05) is 6.07 Å². The first kappa shape index (κ1) is 13.3. The smallest absolute Gasteiger partial charge is 0.124 e. The summed E-state index contributed by atoms with van der Waals surface area (Å²) in [7, 11) is 1.67. The maximum atomic E-state index is 6.06. The van der Waals surface area contributed by atoms with Crippen LogP contribution in [0.15, 0.2) is 23.8 Å². The molecule has 0 heterocycles. The van der Waals surface area contributed by atoms with Crippen LogP contribution >= 0.6 is 11.6 Å². The second-order valence-corrected chi connectivity index (χ2v) is 5.22. The predicted molar refractivity (Wildman–Crippen MR) is 77.3 cm³/mol. The number of hydrogen-bond donors (Lipinski definition) is 1. The topological polar surface area (TPSA) is 35.2 Å². The van der Waals surface area contributed by atoms with Crippen molar-refractivity contribution in [1.82, 2.24) is 0 Å². The van der Waals surface area contributed by atoms with Crippen molar-refractivity contribution in [3.63, 3.8) is 0 Å². The summed E-state index contributed by atoms with van der Waals surface area (Å²) in [6.45, 7) is 0. The quantitative estimate of drug-likeness (QED) is 0.651. The van der Waals surface area contributed by atoms with Crippen LogP contribution in [-0.2, 0) is 6.42 Å². The highest BCUT2D eigenvalue weighted by molar-refractivity contribution is 6.33. The van der Waals surface area contributed by atoms with Gasteiger partial charge in [0.2, 0.25) is 0 Å². The lowest BCUT2D eigenvalue weighted by Gasteiger charge is -2.14. The molecule has 0 unspecified atom stereocenters. The molecule has 18 heavy (non-hydrogen) atoms. The lowest BCUT2D eigenvalue weighted by atomic mass is 9.93. The van der Waals surface area contributed by atoms with Gasteiger partial charge >= 0.3 is 0 Å². The molecule has 1 fully saturated rings. The van der Waals surface area contributed by atoms with Crippen LogP contribution in [0.4, 0.5) is 5.69 Å². The Hall–Kier alpha value is -1.15. The number of methoxy groups -OCH3 is 1. The lowest BCUT2D eigenvalue weighted by molar-refractivity contribution is 0.411. The van der Waals surface area contributed by atoms with E-state index in [1.165, 1.54) is 32.1 Å². The Labute approximate surface area is 114 Å². The van der Waals surface area contributed by atoms with E-state index in [1.54, 1.807) is 18.7 Å². The molecule has 98 valence electrons. The summed E-state index contributed by atoms with van der Waals surface area (Å²) in [5.74, 6) is 0.824. The third-order valence-corrected chi connectivity index (χ3v) is 3.83. The summed E-state index contributed by atoms with van der Waals surface area (Å²) in [5, 5.41) is 0.604. The lowest BCUT2D eigenvalue weighted by Crippen LogP contribution is -1.97. The van der Waals surface area contributed by atoms with Crippen LogP contribution in [0.1, 0.15) is 37.7 Å². The van der Waals surface area contributed by atoms with E-state index in [9.17, 15) is 0 Å². The number of halogens is 1. The van der Waals surface area contributed by atoms with Gasteiger partial charge in [-0.2, -0.15) is 0 Å². The Balaban J connectivity index is 2.15. The van der Waals surface area contributed by atoms with Gasteiger partial charge in [-0.1, -0.05) is 29.7 Å². The van der Waals surface area contributed by atoms with Gasteiger partial charge in [-0.05, 0) is 43.7 Å². The van der Waals surface area contributed by atoms with Gasteiger partial charge < -0.3 is 10.5 Å². The summed E-state index contributed by atoms with van der Waals surface area (Å²) >= 11 is 6.06. The van der Waals surface area contributed by atoms with E-state index in [0.717, 1.165) is 17.7 Å². The van der Waals surface area contributed by atoms with Gasteiger partial charge in [-0.15, -0.1) is 0 Å². The molecule has 0 radical (unpaired) electrons. The number of hydrogen-bond acceptors (Lipinski definition) is 2. The average molecular weight is 266 g/mol. The van der Waals surface area contributed by atoms with Gasteiger partial charge in [0.15, 0.2) is 0 Å². The van der Waals surface area contributed by atoms with Crippen molar-refractivity contribution in [3.05, 3.63) is 34.4 Å². The largest absolute Gasteiger partial charge is 0.496 e. The molecular formula is C15H20ClNO. The van der Waals surface area contributed by atoms with Gasteiger partial charge in [-0.3, -0.25) is 0 Å². The summed E-state index contributed by atoms with van der Waals surface area (Å²) < 4.78 is 5.35. The molecular weight excluding hydrogens is 246 g/mol. The Morgan fingerprint density at radius 3 is 2.67 bits per heavy atom. The molecule has 2 nitrogen and oxygen atoms in total. The Morgan fingerprint density at radius 1 is 1.28 bits per heavy atom. The van der Waals surface area contributed by atoms with Crippen LogP contribution in [0.5, 0.6) is 5.75 Å². The molecule has 0 spiro atoms. The van der Waals surface area contributed by atoms with E-state index >= 15 is 0 Å². The van der Waals surface area contributed by atoms with Crippen LogP contribution in [0.25, 0.3) is 0 Å². The van der Waals surface area contributed by atoms with E-state index < -0.39 is 0 Å². The van der Waals surface area contributed by atoms with Crippen LogP contribution in [0.2, 0.25) is 5.02 Å². The minimum absolute atomic E-state index is 0.572. The van der Waals surface area contributed by atoms with Crippen LogP contribution < -0.4 is 10.5 Å². The molecule has 3 heteroatoms. The SMILES string of the molecule is COc1cc(N)c(Cl)cc1CC=C1CCCCC1. The van der Waals surface area contributed by atoms with Crippen LogP contribution in [0, 0.1) is 0 Å². The fraction of sp³-hybridized carbons (Fsp3) is 0.467. The third-order valence-electron chi connectivity index (χ3n) is 3.51. The minimum atomic E-state index is 0.572. The highest BCUT2D eigenvalue weighted by Gasteiger charge is 2.08. The highest BCUT2D eigenvalue weighted by Crippen LogP contribution is 2.30. The zero-order valence-electron chi connectivity index (χ0n) is 10.8. The maximum absolute atomic E-state index is 6.06. The number of benzene rings is 1. The summed E-state index contributed by atoms with van der Waals surface area (Å²) in [5.41, 5.74) is 9.02. The van der Waals surface area contributed by atoms with Gasteiger partial charge in [0.1, 0.15) is 5.75 Å². The molecule has 0 bridgehead atoms. The third kappa shape index (κ3) is 3.20. The van der Waals surface area contributed by atoms with E-state index in [4.69, 9.17) is 22.1 Å². The van der Waals surface area contributed by atoms with E-state index in [0.29, 0.717) is 10.7 Å². The summed E-state index contributed by atoms with van der Waals surface area (Å²) in [4.78, 5) is 0. The zero-order valence-corrected chi connectivity index (χ0v) is 11.6. The Bertz CT molecular complexity index is 446. The van der Waals surface area contributed by atoms with E-state index in [1.807, 2.05) is 6.07 Å². The molecule has 1 aromatic rings. The second-order valence-electron chi connectivity index (χ2n) is 4.81. The fourth-order valence-corrected chi connectivity index (χ4v) is 2.61. The van der Waals surface area contributed by atoms with Crippen molar-refractivity contribution < 1.29 is 4.74 Å². The molecule has 1 aliphatic carbocycles. The maximum Gasteiger partial charge on any atom is 0.124 e. The molecule has 1 aromatic carbocycles. The normalized spacial score (nSPS) is 15.6. The first-order chi connectivity index (χ1) is 8.70. The number of nitrogen functional groups attached to an aromatic ring is 1. The molecule has 2 rings (SSSR count). The standard InChI is InChI=1S/C15H20ClNO/c1-18-15-10-14(17)13(16)9-12(15)8-7-11-5-3-2-4-6-11/h7,9-10H,2-6,8,17H2,1H3. The molecule has 0 saturated heterocycles. The number of ether oxygens (including phenoxy) is 1. The monoisotopic (exact) mass is 265 g/mol. The number of allylic oxidation sites excluding steroid dienone is 2. The minimum Gasteiger partial charge on any atom is -0.496 e. The van der Waals surface area contributed by atoms with Crippen molar-refractivity contribution in [2.24, 2.45) is 0 Å². The predicted octanol–water partition coefficient (Wildman–Crippen LogP) is 4.36. The van der Waals surface area contributed by atoms with Crippen molar-refractivity contribution in [2.45, 2.75) is 38.5 Å². The van der Waals surface area contributed by atoms with E-state index in [-0.39, 0.29) is 0 Å². The summed E-state index contributed by atoms with van der Waals surface area (Å²) in [6.07, 6.45) is 9.70. The van der Waals surface area contributed by atoms with E-state index in [2.05, 4.69) is 6.08 Å². The van der Waals surface area contributed by atoms with Gasteiger partial charge in [0.05, 0.1) is 17.8 Å². The van der Waals surface area contributed by atoms with Crippen molar-refractivity contribution in [1.29, 1.82) is 0 Å². The van der Waals surface area contributed by atoms with Crippen molar-refractivity contribution in [2.75, 3.05) is 12.8 Å². The van der Waals surface area contributed by atoms with Crippen LogP contribution in [-0.4, -0.2) is 7.11 Å². The van der Waals surface area contributed by atoms with Crippen molar-refractivity contribution in [3.8, 4) is 5.75 Å². The fourth-order valence-electron chi connectivity index (χ4n) is 2.42. The molecule has 0 amide bonds. The molecule has 0 aromatic heterocycles. The van der Waals surface area contributed by atoms with Gasteiger partial charge in [-0.25, -0.2) is 0 Å². The second kappa shape index (κ2) is 6.14. The average Bonchev–Trinajstić information content (AvgIpc) is 2.41. The summed E-state index contributed by atoms with van der Waals surface area (Å²) in [6, 6.07) is 3.71. The number of rotatable bonds is 3. The first-order valence-corrected chi connectivity index (χ1v) is 6.88. The van der Waals surface area contributed by atoms with Crippen molar-refractivity contribution >= 4 is 17.3 Å². The van der Waals surface area contributed by atoms with Gasteiger partial charge in [0.25, 0.3) is 0 Å². The number of nitrogens with two attached hydrogens (primary N) is 1. The molecule has 1 saturated carbocycles. The first-order valence-electron chi connectivity index (χ1n) is 6.50. The zero-order chi connectivity index (χ0) is 13.0. The molecule has 1 aliphatic rings. The Morgan fingerprint density at radius 2 is 2.00 bits per heavy atom. The van der Waals surface area contributed by atoms with Crippen LogP contribution in [0.3, 0.4) is 0 Å². The highest BCUT2D eigenvalue weighted by atomic mass is 35.5. The molecule has 0 atom stereocenters.